The van der Waals surface area contributed by atoms with Crippen molar-refractivity contribution in [3.63, 3.8) is 0 Å². The maximum atomic E-state index is 12.3. The fourth-order valence-electron chi connectivity index (χ4n) is 2.40. The van der Waals surface area contributed by atoms with Gasteiger partial charge in [-0.05, 0) is 36.6 Å². The first-order valence-corrected chi connectivity index (χ1v) is 8.66. The van der Waals surface area contributed by atoms with Gasteiger partial charge >= 0.3 is 0 Å². The van der Waals surface area contributed by atoms with Gasteiger partial charge < -0.3 is 5.32 Å². The van der Waals surface area contributed by atoms with Crippen LogP contribution in [0.1, 0.15) is 39.0 Å². The number of hydrogen-bond acceptors (Lipinski definition) is 5. The molecule has 3 heterocycles. The molecular weight excluding hydrogens is 322 g/mol. The second-order valence-corrected chi connectivity index (χ2v) is 6.75. The van der Waals surface area contributed by atoms with Gasteiger partial charge in [-0.1, -0.05) is 19.4 Å². The van der Waals surface area contributed by atoms with E-state index in [1.54, 1.807) is 28.5 Å². The van der Waals surface area contributed by atoms with E-state index in [1.807, 2.05) is 18.2 Å². The van der Waals surface area contributed by atoms with Crippen LogP contribution in [0.5, 0.6) is 0 Å². The SMILES string of the molecule is CCCc1cc(C(=O)NCc2ccc(-n3cncn3)nc2)sc1C. The molecule has 0 radical (unpaired) electrons. The van der Waals surface area contributed by atoms with E-state index in [-0.39, 0.29) is 5.91 Å². The summed E-state index contributed by atoms with van der Waals surface area (Å²) in [4.78, 5) is 22.5. The lowest BCUT2D eigenvalue weighted by atomic mass is 10.1. The van der Waals surface area contributed by atoms with Gasteiger partial charge in [-0.3, -0.25) is 4.79 Å². The molecule has 0 aliphatic carbocycles. The summed E-state index contributed by atoms with van der Waals surface area (Å²) >= 11 is 1.55. The Labute approximate surface area is 144 Å². The summed E-state index contributed by atoms with van der Waals surface area (Å²) in [7, 11) is 0. The molecule has 24 heavy (non-hydrogen) atoms. The van der Waals surface area contributed by atoms with Crippen LogP contribution in [-0.4, -0.2) is 25.7 Å². The van der Waals surface area contributed by atoms with Crippen LogP contribution in [-0.2, 0) is 13.0 Å². The van der Waals surface area contributed by atoms with Crippen molar-refractivity contribution in [1.29, 1.82) is 0 Å². The van der Waals surface area contributed by atoms with Crippen molar-refractivity contribution in [3.8, 4) is 5.82 Å². The van der Waals surface area contributed by atoms with Crippen LogP contribution in [0.15, 0.2) is 37.1 Å². The van der Waals surface area contributed by atoms with E-state index in [1.165, 1.54) is 16.8 Å². The Balaban J connectivity index is 1.61. The molecule has 7 heteroatoms. The number of aryl methyl sites for hydroxylation is 2. The van der Waals surface area contributed by atoms with Gasteiger partial charge in [0, 0.05) is 17.6 Å². The second-order valence-electron chi connectivity index (χ2n) is 5.49. The predicted octanol–water partition coefficient (Wildman–Crippen LogP) is 2.91. The molecule has 0 atom stereocenters. The Kier molecular flexibility index (Phi) is 5.00. The Morgan fingerprint density at radius 1 is 1.38 bits per heavy atom. The maximum Gasteiger partial charge on any atom is 0.261 e. The van der Waals surface area contributed by atoms with Gasteiger partial charge in [-0.15, -0.1) is 11.3 Å². The third-order valence-electron chi connectivity index (χ3n) is 3.68. The Hall–Kier alpha value is -2.54. The summed E-state index contributed by atoms with van der Waals surface area (Å²) in [5.74, 6) is 0.659. The summed E-state index contributed by atoms with van der Waals surface area (Å²) in [5, 5.41) is 6.98. The van der Waals surface area contributed by atoms with Crippen LogP contribution in [0, 0.1) is 6.92 Å². The summed E-state index contributed by atoms with van der Waals surface area (Å²) in [6.45, 7) is 4.66. The van der Waals surface area contributed by atoms with Crippen molar-refractivity contribution < 1.29 is 4.79 Å². The number of amides is 1. The van der Waals surface area contributed by atoms with Crippen LogP contribution in [0.25, 0.3) is 5.82 Å². The summed E-state index contributed by atoms with van der Waals surface area (Å²) in [5.41, 5.74) is 2.21. The number of thiophene rings is 1. The third-order valence-corrected chi connectivity index (χ3v) is 4.77. The lowest BCUT2D eigenvalue weighted by molar-refractivity contribution is 0.0955. The standard InChI is InChI=1S/C17H19N5OS/c1-3-4-14-7-15(24-12(14)2)17(23)20-9-13-5-6-16(19-8-13)22-11-18-10-21-22/h5-8,10-11H,3-4,9H2,1-2H3,(H,20,23). The molecule has 3 rings (SSSR count). The zero-order valence-corrected chi connectivity index (χ0v) is 14.5. The smallest absolute Gasteiger partial charge is 0.261 e. The average molecular weight is 341 g/mol. The van der Waals surface area contributed by atoms with Gasteiger partial charge in [0.05, 0.1) is 4.88 Å². The molecule has 124 valence electrons. The molecule has 6 nitrogen and oxygen atoms in total. The molecule has 0 bridgehead atoms. The normalized spacial score (nSPS) is 10.8. The van der Waals surface area contributed by atoms with Crippen LogP contribution in [0.3, 0.4) is 0 Å². The van der Waals surface area contributed by atoms with E-state index < -0.39 is 0 Å². The van der Waals surface area contributed by atoms with E-state index >= 15 is 0 Å². The van der Waals surface area contributed by atoms with Gasteiger partial charge in [0.2, 0.25) is 0 Å². The second kappa shape index (κ2) is 7.35. The van der Waals surface area contributed by atoms with Gasteiger partial charge in [0.15, 0.2) is 5.82 Å². The fourth-order valence-corrected chi connectivity index (χ4v) is 3.39. The first-order chi connectivity index (χ1) is 11.7. The van der Waals surface area contributed by atoms with Crippen LogP contribution < -0.4 is 5.32 Å². The van der Waals surface area contributed by atoms with Crippen LogP contribution in [0.2, 0.25) is 0 Å². The molecule has 0 aliphatic rings. The molecule has 0 aliphatic heterocycles. The maximum absolute atomic E-state index is 12.3. The highest BCUT2D eigenvalue weighted by Crippen LogP contribution is 2.22. The summed E-state index contributed by atoms with van der Waals surface area (Å²) in [6.07, 6.45) is 6.90. The molecule has 0 spiro atoms. The minimum Gasteiger partial charge on any atom is -0.347 e. The van der Waals surface area contributed by atoms with Crippen LogP contribution >= 0.6 is 11.3 Å². The lowest BCUT2D eigenvalue weighted by Gasteiger charge is -2.05. The number of carbonyl (C=O) groups is 1. The Morgan fingerprint density at radius 3 is 2.92 bits per heavy atom. The van der Waals surface area contributed by atoms with E-state index in [9.17, 15) is 4.79 Å². The lowest BCUT2D eigenvalue weighted by Crippen LogP contribution is -2.21. The minimum atomic E-state index is -0.0363. The molecule has 0 fully saturated rings. The van der Waals surface area contributed by atoms with E-state index in [2.05, 4.69) is 34.2 Å². The average Bonchev–Trinajstić information content (AvgIpc) is 3.24. The number of nitrogens with one attached hydrogen (secondary N) is 1. The van der Waals surface area contributed by atoms with E-state index in [4.69, 9.17) is 0 Å². The highest BCUT2D eigenvalue weighted by Gasteiger charge is 2.12. The number of pyridine rings is 1. The first-order valence-electron chi connectivity index (χ1n) is 7.85. The van der Waals surface area contributed by atoms with Gasteiger partial charge in [0.1, 0.15) is 12.7 Å². The van der Waals surface area contributed by atoms with Crippen molar-refractivity contribution in [2.75, 3.05) is 0 Å². The monoisotopic (exact) mass is 341 g/mol. The van der Waals surface area contributed by atoms with Crippen molar-refractivity contribution in [2.45, 2.75) is 33.2 Å². The molecule has 1 N–H and O–H groups in total. The molecular formula is C17H19N5OS. The first kappa shape index (κ1) is 16.3. The number of nitrogens with zero attached hydrogens (tertiary/aromatic N) is 4. The summed E-state index contributed by atoms with van der Waals surface area (Å²) in [6, 6.07) is 5.78. The molecule has 0 saturated heterocycles. The van der Waals surface area contributed by atoms with Crippen molar-refractivity contribution in [3.05, 3.63) is 57.9 Å². The van der Waals surface area contributed by atoms with Gasteiger partial charge in [-0.25, -0.2) is 14.6 Å². The predicted molar refractivity (Wildman–Crippen MR) is 93.4 cm³/mol. The fraction of sp³-hybridized carbons (Fsp3) is 0.294. The van der Waals surface area contributed by atoms with Gasteiger partial charge in [0.25, 0.3) is 5.91 Å². The molecule has 3 aromatic heterocycles. The highest BCUT2D eigenvalue weighted by molar-refractivity contribution is 7.14. The number of carbonyl (C=O) groups excluding carboxylic acids is 1. The molecule has 3 aromatic rings. The number of aromatic nitrogens is 4. The Morgan fingerprint density at radius 2 is 2.25 bits per heavy atom. The van der Waals surface area contributed by atoms with Crippen molar-refractivity contribution in [1.82, 2.24) is 25.1 Å². The topological polar surface area (TPSA) is 72.7 Å². The zero-order chi connectivity index (χ0) is 16.9. The van der Waals surface area contributed by atoms with Crippen molar-refractivity contribution in [2.24, 2.45) is 0 Å². The minimum absolute atomic E-state index is 0.0363. The van der Waals surface area contributed by atoms with Crippen molar-refractivity contribution >= 4 is 17.2 Å². The molecule has 1 amide bonds. The third kappa shape index (κ3) is 3.68. The quantitative estimate of drug-likeness (QED) is 0.748. The number of hydrogen-bond donors (Lipinski definition) is 1. The largest absolute Gasteiger partial charge is 0.347 e. The molecule has 0 saturated carbocycles. The number of rotatable bonds is 6. The van der Waals surface area contributed by atoms with Crippen LogP contribution in [0.4, 0.5) is 0 Å². The van der Waals surface area contributed by atoms with E-state index in [0.717, 1.165) is 23.3 Å². The molecule has 0 unspecified atom stereocenters. The highest BCUT2D eigenvalue weighted by atomic mass is 32.1. The molecule has 0 aromatic carbocycles. The zero-order valence-electron chi connectivity index (χ0n) is 13.7. The summed E-state index contributed by atoms with van der Waals surface area (Å²) < 4.78 is 1.59. The Bertz CT molecular complexity index is 808. The van der Waals surface area contributed by atoms with Gasteiger partial charge in [-0.2, -0.15) is 5.10 Å². The van der Waals surface area contributed by atoms with E-state index in [0.29, 0.717) is 12.4 Å².